The number of H-pyrrole nitrogens is 1. The van der Waals surface area contributed by atoms with Gasteiger partial charge in [0.15, 0.2) is 8.32 Å². The molecule has 0 spiro atoms. The second-order valence-corrected chi connectivity index (χ2v) is 19.8. The number of aryl methyl sites for hydroxylation is 1. The zero-order valence-electron chi connectivity index (χ0n) is 31.9. The van der Waals surface area contributed by atoms with Crippen molar-refractivity contribution in [2.45, 2.75) is 70.9 Å². The maximum atomic E-state index is 12.8. The lowest BCUT2D eigenvalue weighted by molar-refractivity contribution is 0.102. The molecule has 5 aromatic rings. The number of hydrogen-bond donors (Lipinski definition) is 4. The molecule has 1 aromatic heterocycles. The van der Waals surface area contributed by atoms with Gasteiger partial charge in [-0.15, -0.1) is 0 Å². The van der Waals surface area contributed by atoms with Crippen molar-refractivity contribution in [3.05, 3.63) is 142 Å². The van der Waals surface area contributed by atoms with Gasteiger partial charge in [0.2, 0.25) is 5.56 Å². The van der Waals surface area contributed by atoms with E-state index in [0.717, 1.165) is 34.9 Å². The number of aromatic nitrogens is 1. The number of ether oxygens (including phenoxy) is 1. The number of hydrogen-bond acceptors (Lipinski definition) is 5. The lowest BCUT2D eigenvalue weighted by Crippen LogP contribution is -2.45. The molecule has 284 valence electrons. The van der Waals surface area contributed by atoms with E-state index >= 15 is 0 Å². The average molecular weight is 749 g/mol. The number of anilines is 1. The normalized spacial score (nSPS) is 12.2. The van der Waals surface area contributed by atoms with Crippen LogP contribution >= 0.6 is 0 Å². The number of carboxylic acid groups (broad SMARTS) is 1. The summed E-state index contributed by atoms with van der Waals surface area (Å²) in [4.78, 5) is 42.1. The molecule has 0 unspecified atom stereocenters. The first kappa shape index (κ1) is 39.8. The maximum absolute atomic E-state index is 12.8. The van der Waals surface area contributed by atoms with Gasteiger partial charge in [0, 0.05) is 30.2 Å². The predicted molar refractivity (Wildman–Crippen MR) is 218 cm³/mol. The van der Waals surface area contributed by atoms with Crippen LogP contribution in [0.1, 0.15) is 55.5 Å². The third kappa shape index (κ3) is 11.1. The first-order chi connectivity index (χ1) is 25.8. The van der Waals surface area contributed by atoms with Crippen molar-refractivity contribution in [2.75, 3.05) is 25.0 Å². The molecule has 3 amide bonds. The molecular weight excluding hydrogens is 697 g/mol. The van der Waals surface area contributed by atoms with Gasteiger partial charge in [0.25, 0.3) is 0 Å². The van der Waals surface area contributed by atoms with Crippen LogP contribution in [0.2, 0.25) is 18.1 Å². The number of aromatic amines is 1. The Labute approximate surface area is 318 Å². The van der Waals surface area contributed by atoms with E-state index in [4.69, 9.17) is 9.16 Å². The number of pyridine rings is 1. The number of amides is 3. The standard InChI is InChI=1S/C43H52N4O6Si/c1-43(2,3)54(4,5)53-38(35-22-24-37(40-36(35)23-25-39(48)46-40)52-30-33-15-10-7-11-16-33)29-47(42(50)51)28-26-32-18-20-34(21-19-32)45-41(49)44-27-12-17-31-13-8-6-9-14-31/h6-11,13-16,18-25,38H,12,17,26-30H2,1-5H3,(H,46,48)(H,50,51)(H2,44,45,49)/t38-/m1/s1. The van der Waals surface area contributed by atoms with Gasteiger partial charge < -0.3 is 34.8 Å². The van der Waals surface area contributed by atoms with E-state index in [9.17, 15) is 19.5 Å². The van der Waals surface area contributed by atoms with E-state index in [1.807, 2.05) is 84.9 Å². The summed E-state index contributed by atoms with van der Waals surface area (Å²) in [6.45, 7) is 11.9. The average Bonchev–Trinajstić information content (AvgIpc) is 3.14. The minimum atomic E-state index is -2.42. The van der Waals surface area contributed by atoms with Crippen LogP contribution in [0, 0.1) is 0 Å². The summed E-state index contributed by atoms with van der Waals surface area (Å²) in [5.74, 6) is 0.523. The molecule has 0 aliphatic heterocycles. The number of fused-ring (bicyclic) bond motifs is 1. The van der Waals surface area contributed by atoms with Crippen molar-refractivity contribution in [1.29, 1.82) is 0 Å². The van der Waals surface area contributed by atoms with E-state index in [1.165, 1.54) is 16.5 Å². The van der Waals surface area contributed by atoms with Crippen LogP contribution in [0.5, 0.6) is 5.75 Å². The van der Waals surface area contributed by atoms with Gasteiger partial charge in [-0.25, -0.2) is 9.59 Å². The van der Waals surface area contributed by atoms with Crippen molar-refractivity contribution in [3.63, 3.8) is 0 Å². The molecule has 11 heteroatoms. The van der Waals surface area contributed by atoms with E-state index in [1.54, 1.807) is 6.07 Å². The first-order valence-electron chi connectivity index (χ1n) is 18.4. The molecule has 4 N–H and O–H groups in total. The fourth-order valence-corrected chi connectivity index (χ4v) is 7.18. The third-order valence-corrected chi connectivity index (χ3v) is 14.5. The van der Waals surface area contributed by atoms with Crippen LogP contribution in [0.4, 0.5) is 15.3 Å². The van der Waals surface area contributed by atoms with Crippen molar-refractivity contribution in [3.8, 4) is 5.75 Å². The van der Waals surface area contributed by atoms with Gasteiger partial charge in [0.05, 0.1) is 18.2 Å². The molecule has 0 radical (unpaired) electrons. The summed E-state index contributed by atoms with van der Waals surface area (Å²) >= 11 is 0. The Hall–Kier alpha value is -5.39. The highest BCUT2D eigenvalue weighted by Crippen LogP contribution is 2.41. The lowest BCUT2D eigenvalue weighted by Gasteiger charge is -2.40. The smallest absolute Gasteiger partial charge is 0.407 e. The summed E-state index contributed by atoms with van der Waals surface area (Å²) in [5.41, 5.74) is 4.86. The van der Waals surface area contributed by atoms with Gasteiger partial charge in [-0.1, -0.05) is 99.6 Å². The fraction of sp³-hybridized carbons (Fsp3) is 0.326. The predicted octanol–water partition coefficient (Wildman–Crippen LogP) is 9.15. The number of nitrogens with one attached hydrogen (secondary N) is 3. The van der Waals surface area contributed by atoms with Crippen molar-refractivity contribution in [1.82, 2.24) is 15.2 Å². The summed E-state index contributed by atoms with van der Waals surface area (Å²) in [6, 6.07) is 34.1. The van der Waals surface area contributed by atoms with Crippen LogP contribution in [-0.4, -0.2) is 55.1 Å². The topological polar surface area (TPSA) is 133 Å². The molecular formula is C43H52N4O6Si. The summed E-state index contributed by atoms with van der Waals surface area (Å²) in [5, 5.41) is 16.8. The molecule has 0 saturated heterocycles. The van der Waals surface area contributed by atoms with Gasteiger partial charge in [-0.05, 0) is 83.9 Å². The molecule has 1 heterocycles. The number of nitrogens with zero attached hydrogens (tertiary/aromatic N) is 1. The Morgan fingerprint density at radius 3 is 2.13 bits per heavy atom. The SMILES string of the molecule is CC(C)(C)[Si](C)(C)O[C@H](CN(CCc1ccc(NC(=O)NCCCc2ccccc2)cc1)C(=O)O)c1ccc(OCc2ccccc2)c2[nH]c(=O)ccc12. The second-order valence-electron chi connectivity index (χ2n) is 15.1. The van der Waals surface area contributed by atoms with E-state index < -0.39 is 20.5 Å². The minimum Gasteiger partial charge on any atom is -0.487 e. The van der Waals surface area contributed by atoms with Crippen LogP contribution < -0.4 is 20.9 Å². The monoisotopic (exact) mass is 748 g/mol. The molecule has 0 bridgehead atoms. The Bertz CT molecular complexity index is 2050. The minimum absolute atomic E-state index is 0.0877. The number of carbonyl (C=O) groups excluding carboxylic acids is 1. The summed E-state index contributed by atoms with van der Waals surface area (Å²) < 4.78 is 13.2. The number of urea groups is 1. The molecule has 0 saturated carbocycles. The number of carbonyl (C=O) groups is 2. The van der Waals surface area contributed by atoms with Crippen molar-refractivity contribution >= 4 is 37.0 Å². The van der Waals surface area contributed by atoms with Crippen molar-refractivity contribution < 1.29 is 23.9 Å². The zero-order valence-corrected chi connectivity index (χ0v) is 32.9. The van der Waals surface area contributed by atoms with E-state index in [0.29, 0.717) is 36.5 Å². The molecule has 4 aromatic carbocycles. The highest BCUT2D eigenvalue weighted by molar-refractivity contribution is 6.74. The molecule has 54 heavy (non-hydrogen) atoms. The van der Waals surface area contributed by atoms with E-state index in [2.05, 4.69) is 61.6 Å². The van der Waals surface area contributed by atoms with Gasteiger partial charge in [-0.3, -0.25) is 4.79 Å². The number of benzene rings is 4. The second kappa shape index (κ2) is 18.1. The van der Waals surface area contributed by atoms with Crippen LogP contribution in [-0.2, 0) is 23.9 Å². The molecule has 0 fully saturated rings. The largest absolute Gasteiger partial charge is 0.487 e. The zero-order chi connectivity index (χ0) is 38.7. The van der Waals surface area contributed by atoms with Crippen molar-refractivity contribution in [2.24, 2.45) is 0 Å². The Morgan fingerprint density at radius 1 is 0.833 bits per heavy atom. The Morgan fingerprint density at radius 2 is 1.48 bits per heavy atom. The molecule has 0 aliphatic rings. The molecule has 10 nitrogen and oxygen atoms in total. The quantitative estimate of drug-likeness (QED) is 0.0588. The maximum Gasteiger partial charge on any atom is 0.407 e. The Balaban J connectivity index is 1.28. The highest BCUT2D eigenvalue weighted by Gasteiger charge is 2.40. The van der Waals surface area contributed by atoms with Gasteiger partial charge in [-0.2, -0.15) is 0 Å². The molecule has 0 aliphatic carbocycles. The lowest BCUT2D eigenvalue weighted by atomic mass is 10.0. The molecule has 1 atom stereocenters. The van der Waals surface area contributed by atoms with Crippen LogP contribution in [0.25, 0.3) is 10.9 Å². The third-order valence-electron chi connectivity index (χ3n) is 10.0. The van der Waals surface area contributed by atoms with Crippen LogP contribution in [0.15, 0.2) is 114 Å². The fourth-order valence-electron chi connectivity index (χ4n) is 5.91. The molecule has 5 rings (SSSR count). The Kier molecular flexibility index (Phi) is 13.3. The van der Waals surface area contributed by atoms with Gasteiger partial charge in [0.1, 0.15) is 12.4 Å². The van der Waals surface area contributed by atoms with Gasteiger partial charge >= 0.3 is 12.1 Å². The summed E-state index contributed by atoms with van der Waals surface area (Å²) in [6.07, 6.45) is 0.520. The number of rotatable bonds is 16. The summed E-state index contributed by atoms with van der Waals surface area (Å²) in [7, 11) is -2.42. The first-order valence-corrected chi connectivity index (χ1v) is 21.4. The van der Waals surface area contributed by atoms with Crippen LogP contribution in [0.3, 0.4) is 0 Å². The highest BCUT2D eigenvalue weighted by atomic mass is 28.4. The van der Waals surface area contributed by atoms with E-state index in [-0.39, 0.29) is 29.7 Å².